The van der Waals surface area contributed by atoms with Crippen LogP contribution in [-0.4, -0.2) is 52.6 Å². The van der Waals surface area contributed by atoms with Crippen molar-refractivity contribution >= 4 is 18.1 Å². The predicted molar refractivity (Wildman–Crippen MR) is 119 cm³/mol. The van der Waals surface area contributed by atoms with E-state index in [2.05, 4.69) is 5.32 Å². The molecule has 2 aliphatic rings. The Morgan fingerprint density at radius 2 is 1.75 bits per heavy atom. The Kier molecular flexibility index (Phi) is 7.77. The quantitative estimate of drug-likeness (QED) is 0.743. The highest BCUT2D eigenvalue weighted by molar-refractivity contribution is 5.85. The standard InChI is InChI=1S/C24H33N3O5/c1-24(2,3)32-22(29)25-20-11-9-18(10-12-20)15-26-13-14-27(16-21(26)28)23(30)31-17-19-7-5-4-6-8-19/h4-8,13-14,18,20H,9-12,15-17H2,1-3H3,(H,25,29)/t18-,20-. The van der Waals surface area contributed by atoms with Gasteiger partial charge in [0.25, 0.3) is 0 Å². The second-order valence-electron chi connectivity index (χ2n) is 9.38. The number of nitrogens with one attached hydrogen (secondary N) is 1. The molecule has 8 nitrogen and oxygen atoms in total. The van der Waals surface area contributed by atoms with Gasteiger partial charge in [-0.2, -0.15) is 0 Å². The molecule has 0 radical (unpaired) electrons. The Hall–Kier alpha value is -3.03. The summed E-state index contributed by atoms with van der Waals surface area (Å²) in [5.41, 5.74) is 0.385. The Morgan fingerprint density at radius 1 is 1.06 bits per heavy atom. The van der Waals surface area contributed by atoms with E-state index in [0.717, 1.165) is 31.2 Å². The number of carbonyl (C=O) groups excluding carboxylic acids is 3. The minimum atomic E-state index is -0.535. The maximum Gasteiger partial charge on any atom is 0.414 e. The van der Waals surface area contributed by atoms with Crippen molar-refractivity contribution < 1.29 is 23.9 Å². The number of nitrogens with zero attached hydrogens (tertiary/aromatic N) is 2. The molecule has 8 heteroatoms. The first kappa shape index (κ1) is 23.6. The van der Waals surface area contributed by atoms with Crippen molar-refractivity contribution in [2.45, 2.75) is 64.7 Å². The van der Waals surface area contributed by atoms with Gasteiger partial charge in [-0.05, 0) is 57.9 Å². The van der Waals surface area contributed by atoms with Crippen molar-refractivity contribution in [2.75, 3.05) is 13.1 Å². The SMILES string of the molecule is CC(C)(C)OC(=O)N[C@H]1CC[C@H](CN2C=CN(C(=O)OCc3ccccc3)CC2=O)CC1. The summed E-state index contributed by atoms with van der Waals surface area (Å²) in [6, 6.07) is 9.52. The Labute approximate surface area is 189 Å². The summed E-state index contributed by atoms with van der Waals surface area (Å²) in [6.45, 7) is 6.29. The lowest BCUT2D eigenvalue weighted by Gasteiger charge is -2.34. The van der Waals surface area contributed by atoms with Crippen molar-refractivity contribution in [3.63, 3.8) is 0 Å². The summed E-state index contributed by atoms with van der Waals surface area (Å²) in [5.74, 6) is 0.232. The number of alkyl carbamates (subject to hydrolysis) is 1. The van der Waals surface area contributed by atoms with E-state index in [-0.39, 0.29) is 31.2 Å². The van der Waals surface area contributed by atoms with E-state index in [9.17, 15) is 14.4 Å². The van der Waals surface area contributed by atoms with Crippen LogP contribution in [0.4, 0.5) is 9.59 Å². The molecule has 1 aromatic carbocycles. The molecular weight excluding hydrogens is 410 g/mol. The third kappa shape index (κ3) is 7.28. The average Bonchev–Trinajstić information content (AvgIpc) is 2.74. The first-order chi connectivity index (χ1) is 15.2. The molecule has 0 bridgehead atoms. The van der Waals surface area contributed by atoms with Crippen LogP contribution in [0, 0.1) is 5.92 Å². The number of hydrogen-bond donors (Lipinski definition) is 1. The second-order valence-corrected chi connectivity index (χ2v) is 9.38. The summed E-state index contributed by atoms with van der Waals surface area (Å²) in [5, 5.41) is 2.94. The van der Waals surface area contributed by atoms with Crippen LogP contribution in [0.25, 0.3) is 0 Å². The highest BCUT2D eigenvalue weighted by Crippen LogP contribution is 2.26. The summed E-state index contributed by atoms with van der Waals surface area (Å²) in [4.78, 5) is 39.7. The number of amides is 3. The van der Waals surface area contributed by atoms with Crippen molar-refractivity contribution in [3.05, 3.63) is 48.3 Å². The molecule has 3 rings (SSSR count). The second kappa shape index (κ2) is 10.5. The van der Waals surface area contributed by atoms with Crippen molar-refractivity contribution in [1.29, 1.82) is 0 Å². The maximum absolute atomic E-state index is 12.6. The van der Waals surface area contributed by atoms with E-state index < -0.39 is 11.7 Å². The maximum atomic E-state index is 12.6. The molecule has 0 unspecified atom stereocenters. The molecule has 1 aliphatic carbocycles. The molecule has 174 valence electrons. The number of rotatable bonds is 5. The van der Waals surface area contributed by atoms with Crippen LogP contribution in [0.15, 0.2) is 42.7 Å². The lowest BCUT2D eigenvalue weighted by atomic mass is 9.85. The van der Waals surface area contributed by atoms with Gasteiger partial charge in [0.2, 0.25) is 5.91 Å². The summed E-state index contributed by atoms with van der Waals surface area (Å²) >= 11 is 0. The van der Waals surface area contributed by atoms with Crippen LogP contribution in [0.5, 0.6) is 0 Å². The van der Waals surface area contributed by atoms with E-state index in [1.54, 1.807) is 17.3 Å². The molecule has 0 aromatic heterocycles. The first-order valence-electron chi connectivity index (χ1n) is 11.1. The van der Waals surface area contributed by atoms with Gasteiger partial charge in [-0.15, -0.1) is 0 Å². The summed E-state index contributed by atoms with van der Waals surface area (Å²) in [7, 11) is 0. The molecule has 0 saturated heterocycles. The van der Waals surface area contributed by atoms with Crippen LogP contribution >= 0.6 is 0 Å². The number of carbonyl (C=O) groups is 3. The van der Waals surface area contributed by atoms with E-state index >= 15 is 0 Å². The zero-order chi connectivity index (χ0) is 23.1. The topological polar surface area (TPSA) is 88.2 Å². The lowest BCUT2D eigenvalue weighted by molar-refractivity contribution is -0.130. The summed E-state index contributed by atoms with van der Waals surface area (Å²) in [6.07, 6.45) is 5.88. The molecule has 0 spiro atoms. The summed E-state index contributed by atoms with van der Waals surface area (Å²) < 4.78 is 10.6. The van der Waals surface area contributed by atoms with Crippen LogP contribution in [-0.2, 0) is 20.9 Å². The number of ether oxygens (including phenoxy) is 2. The van der Waals surface area contributed by atoms with Crippen LogP contribution in [0.2, 0.25) is 0 Å². The Balaban J connectivity index is 1.40. The molecule has 1 heterocycles. The van der Waals surface area contributed by atoms with Gasteiger partial charge in [0.05, 0.1) is 0 Å². The van der Waals surface area contributed by atoms with E-state index in [0.29, 0.717) is 12.5 Å². The van der Waals surface area contributed by atoms with E-state index in [4.69, 9.17) is 9.47 Å². The van der Waals surface area contributed by atoms with Gasteiger partial charge in [0, 0.05) is 25.0 Å². The zero-order valence-corrected chi connectivity index (χ0v) is 19.1. The zero-order valence-electron chi connectivity index (χ0n) is 19.1. The van der Waals surface area contributed by atoms with Gasteiger partial charge < -0.3 is 19.7 Å². The lowest BCUT2D eigenvalue weighted by Crippen LogP contribution is -2.45. The first-order valence-corrected chi connectivity index (χ1v) is 11.1. The van der Waals surface area contributed by atoms with E-state index in [1.807, 2.05) is 51.1 Å². The number of benzene rings is 1. The van der Waals surface area contributed by atoms with Crippen molar-refractivity contribution in [1.82, 2.24) is 15.1 Å². The number of hydrogen-bond acceptors (Lipinski definition) is 5. The van der Waals surface area contributed by atoms with Gasteiger partial charge in [0.15, 0.2) is 0 Å². The minimum absolute atomic E-state index is 0.0281. The fourth-order valence-electron chi connectivity index (χ4n) is 3.87. The molecule has 1 aromatic rings. The monoisotopic (exact) mass is 443 g/mol. The molecule has 32 heavy (non-hydrogen) atoms. The van der Waals surface area contributed by atoms with Crippen LogP contribution in [0.1, 0.15) is 52.0 Å². The minimum Gasteiger partial charge on any atom is -0.444 e. The molecule has 1 saturated carbocycles. The largest absolute Gasteiger partial charge is 0.444 e. The molecule has 3 amide bonds. The highest BCUT2D eigenvalue weighted by atomic mass is 16.6. The highest BCUT2D eigenvalue weighted by Gasteiger charge is 2.29. The molecule has 1 N–H and O–H groups in total. The fourth-order valence-corrected chi connectivity index (χ4v) is 3.87. The van der Waals surface area contributed by atoms with Gasteiger partial charge in [-0.3, -0.25) is 9.69 Å². The molecule has 0 atom stereocenters. The third-order valence-electron chi connectivity index (χ3n) is 5.51. The van der Waals surface area contributed by atoms with Gasteiger partial charge in [0.1, 0.15) is 18.8 Å². The normalized spacial score (nSPS) is 21.3. The van der Waals surface area contributed by atoms with Crippen LogP contribution in [0.3, 0.4) is 0 Å². The predicted octanol–water partition coefficient (Wildman–Crippen LogP) is 4.02. The molecule has 1 aliphatic heterocycles. The average molecular weight is 444 g/mol. The van der Waals surface area contributed by atoms with Gasteiger partial charge in [-0.1, -0.05) is 30.3 Å². The van der Waals surface area contributed by atoms with Crippen molar-refractivity contribution in [3.8, 4) is 0 Å². The van der Waals surface area contributed by atoms with Gasteiger partial charge in [-0.25, -0.2) is 9.59 Å². The smallest absolute Gasteiger partial charge is 0.414 e. The Morgan fingerprint density at radius 3 is 2.38 bits per heavy atom. The third-order valence-corrected chi connectivity index (χ3v) is 5.51. The van der Waals surface area contributed by atoms with Crippen LogP contribution < -0.4 is 5.32 Å². The fraction of sp³-hybridized carbons (Fsp3) is 0.542. The van der Waals surface area contributed by atoms with E-state index in [1.165, 1.54) is 4.90 Å². The van der Waals surface area contributed by atoms with Gasteiger partial charge >= 0.3 is 12.2 Å². The molecule has 1 fully saturated rings. The Bertz CT molecular complexity index is 826. The van der Waals surface area contributed by atoms with Crippen molar-refractivity contribution in [2.24, 2.45) is 5.92 Å². The molecular formula is C24H33N3O5.